The van der Waals surface area contributed by atoms with Crippen LogP contribution < -0.4 is 0 Å². The molecule has 0 heterocycles. The van der Waals surface area contributed by atoms with Gasteiger partial charge < -0.3 is 0 Å². The van der Waals surface area contributed by atoms with Crippen molar-refractivity contribution in [3.8, 4) is 0 Å². The lowest BCUT2D eigenvalue weighted by Crippen LogP contribution is -2.34. The minimum absolute atomic E-state index is 0.240. The van der Waals surface area contributed by atoms with Gasteiger partial charge >= 0.3 is 0 Å². The standard InChI is InChI=1S/C13H16Cl2F2/c1-9(2)13(7-14,8-15)6-10-3-11(16)5-12(17)4-10/h3-5,9H,6-8H2,1-2H3. The summed E-state index contributed by atoms with van der Waals surface area (Å²) in [5.41, 5.74) is 0.265. The van der Waals surface area contributed by atoms with Crippen LogP contribution in [0.1, 0.15) is 19.4 Å². The summed E-state index contributed by atoms with van der Waals surface area (Å²) in [4.78, 5) is 0. The largest absolute Gasteiger partial charge is 0.207 e. The van der Waals surface area contributed by atoms with Crippen molar-refractivity contribution in [2.24, 2.45) is 11.3 Å². The summed E-state index contributed by atoms with van der Waals surface area (Å²) in [7, 11) is 0. The molecule has 0 N–H and O–H groups in total. The van der Waals surface area contributed by atoms with E-state index in [0.29, 0.717) is 23.7 Å². The van der Waals surface area contributed by atoms with Gasteiger partial charge in [-0.3, -0.25) is 0 Å². The Balaban J connectivity index is 3.01. The average Bonchev–Trinajstić information content (AvgIpc) is 2.24. The Morgan fingerprint density at radius 3 is 1.88 bits per heavy atom. The quantitative estimate of drug-likeness (QED) is 0.690. The van der Waals surface area contributed by atoms with Crippen molar-refractivity contribution in [1.82, 2.24) is 0 Å². The van der Waals surface area contributed by atoms with E-state index in [1.54, 1.807) is 0 Å². The van der Waals surface area contributed by atoms with E-state index in [2.05, 4.69) is 0 Å². The van der Waals surface area contributed by atoms with Crippen LogP contribution in [0.15, 0.2) is 18.2 Å². The normalized spacial score (nSPS) is 12.2. The fourth-order valence-electron chi connectivity index (χ4n) is 1.76. The lowest BCUT2D eigenvalue weighted by atomic mass is 9.76. The molecule has 0 aliphatic carbocycles. The Bertz CT molecular complexity index is 353. The second-order valence-corrected chi connectivity index (χ2v) is 5.27. The Kier molecular flexibility index (Phi) is 5.21. The second kappa shape index (κ2) is 6.01. The first-order chi connectivity index (χ1) is 7.93. The average molecular weight is 281 g/mol. The highest BCUT2D eigenvalue weighted by atomic mass is 35.5. The lowest BCUT2D eigenvalue weighted by Gasteiger charge is -2.34. The molecule has 0 aromatic heterocycles. The molecule has 0 amide bonds. The molecule has 0 bridgehead atoms. The molecule has 0 saturated carbocycles. The maximum Gasteiger partial charge on any atom is 0.126 e. The SMILES string of the molecule is CC(C)C(CCl)(CCl)Cc1cc(F)cc(F)c1. The molecular formula is C13H16Cl2F2. The van der Waals surface area contributed by atoms with Crippen LogP contribution >= 0.6 is 23.2 Å². The Morgan fingerprint density at radius 2 is 1.53 bits per heavy atom. The van der Waals surface area contributed by atoms with Crippen LogP contribution in [0.5, 0.6) is 0 Å². The molecule has 0 aliphatic heterocycles. The number of benzene rings is 1. The number of alkyl halides is 2. The minimum Gasteiger partial charge on any atom is -0.207 e. The third kappa shape index (κ3) is 3.56. The monoisotopic (exact) mass is 280 g/mol. The van der Waals surface area contributed by atoms with Crippen molar-refractivity contribution in [3.63, 3.8) is 0 Å². The second-order valence-electron chi connectivity index (χ2n) is 4.74. The van der Waals surface area contributed by atoms with Crippen molar-refractivity contribution >= 4 is 23.2 Å². The van der Waals surface area contributed by atoms with Gasteiger partial charge in [-0.25, -0.2) is 8.78 Å². The highest BCUT2D eigenvalue weighted by Gasteiger charge is 2.32. The Labute approximate surface area is 111 Å². The highest BCUT2D eigenvalue weighted by Crippen LogP contribution is 2.35. The van der Waals surface area contributed by atoms with Crippen LogP contribution in [0.2, 0.25) is 0 Å². The van der Waals surface area contributed by atoms with Crippen LogP contribution in [0.3, 0.4) is 0 Å². The molecule has 0 unspecified atom stereocenters. The van der Waals surface area contributed by atoms with Gasteiger partial charge in [0.2, 0.25) is 0 Å². The van der Waals surface area contributed by atoms with E-state index < -0.39 is 11.6 Å². The van der Waals surface area contributed by atoms with Crippen molar-refractivity contribution in [1.29, 1.82) is 0 Å². The molecule has 96 valence electrons. The van der Waals surface area contributed by atoms with Gasteiger partial charge in [-0.15, -0.1) is 23.2 Å². The van der Waals surface area contributed by atoms with Crippen molar-refractivity contribution < 1.29 is 8.78 Å². The van der Waals surface area contributed by atoms with E-state index in [9.17, 15) is 8.78 Å². The first-order valence-corrected chi connectivity index (χ1v) is 6.57. The van der Waals surface area contributed by atoms with Crippen LogP contribution in [-0.4, -0.2) is 11.8 Å². The molecule has 1 rings (SSSR count). The summed E-state index contributed by atoms with van der Waals surface area (Å²) in [6, 6.07) is 3.53. The van der Waals surface area contributed by atoms with E-state index in [0.717, 1.165) is 6.07 Å². The topological polar surface area (TPSA) is 0 Å². The zero-order valence-corrected chi connectivity index (χ0v) is 11.5. The van der Waals surface area contributed by atoms with Gasteiger partial charge in [0.25, 0.3) is 0 Å². The molecule has 0 atom stereocenters. The third-order valence-corrected chi connectivity index (χ3v) is 4.30. The Hall–Kier alpha value is -0.340. The van der Waals surface area contributed by atoms with E-state index >= 15 is 0 Å². The summed E-state index contributed by atoms with van der Waals surface area (Å²) in [6.45, 7) is 4.03. The summed E-state index contributed by atoms with van der Waals surface area (Å²) < 4.78 is 26.2. The minimum atomic E-state index is -0.568. The van der Waals surface area contributed by atoms with E-state index in [4.69, 9.17) is 23.2 Å². The molecule has 4 heteroatoms. The van der Waals surface area contributed by atoms with Gasteiger partial charge in [0.15, 0.2) is 0 Å². The summed E-state index contributed by atoms with van der Waals surface area (Å²) in [5, 5.41) is 0. The molecule has 0 spiro atoms. The lowest BCUT2D eigenvalue weighted by molar-refractivity contribution is 0.258. The number of halogens is 4. The molecule has 1 aromatic carbocycles. The fraction of sp³-hybridized carbons (Fsp3) is 0.538. The van der Waals surface area contributed by atoms with Crippen LogP contribution in [-0.2, 0) is 6.42 Å². The van der Waals surface area contributed by atoms with Gasteiger partial charge in [0.1, 0.15) is 11.6 Å². The molecule has 0 fully saturated rings. The number of hydrogen-bond donors (Lipinski definition) is 0. The molecule has 0 aliphatic rings. The van der Waals surface area contributed by atoms with Gasteiger partial charge in [0, 0.05) is 23.2 Å². The van der Waals surface area contributed by atoms with Gasteiger partial charge in [0.05, 0.1) is 0 Å². The van der Waals surface area contributed by atoms with Gasteiger partial charge in [-0.1, -0.05) is 13.8 Å². The zero-order valence-electron chi connectivity index (χ0n) is 9.94. The van der Waals surface area contributed by atoms with Gasteiger partial charge in [-0.2, -0.15) is 0 Å². The van der Waals surface area contributed by atoms with E-state index in [1.807, 2.05) is 13.8 Å². The molecule has 1 aromatic rings. The number of rotatable bonds is 5. The predicted molar refractivity (Wildman–Crippen MR) is 68.8 cm³/mol. The maximum atomic E-state index is 13.1. The summed E-state index contributed by atoms with van der Waals surface area (Å²) in [5.74, 6) is -0.161. The van der Waals surface area contributed by atoms with E-state index in [-0.39, 0.29) is 11.3 Å². The van der Waals surface area contributed by atoms with Crippen LogP contribution in [0.25, 0.3) is 0 Å². The first kappa shape index (κ1) is 14.7. The molecular weight excluding hydrogens is 265 g/mol. The smallest absolute Gasteiger partial charge is 0.126 e. The molecule has 0 saturated heterocycles. The fourth-order valence-corrected chi connectivity index (χ4v) is 2.85. The summed E-state index contributed by atoms with van der Waals surface area (Å²) >= 11 is 12.0. The summed E-state index contributed by atoms with van der Waals surface area (Å²) in [6.07, 6.45) is 0.479. The molecule has 17 heavy (non-hydrogen) atoms. The van der Waals surface area contributed by atoms with Gasteiger partial charge in [-0.05, 0) is 30.0 Å². The first-order valence-electron chi connectivity index (χ1n) is 5.50. The highest BCUT2D eigenvalue weighted by molar-refractivity contribution is 6.21. The third-order valence-electron chi connectivity index (χ3n) is 3.24. The van der Waals surface area contributed by atoms with Crippen molar-refractivity contribution in [2.45, 2.75) is 20.3 Å². The van der Waals surface area contributed by atoms with Crippen LogP contribution in [0, 0.1) is 23.0 Å². The molecule has 0 nitrogen and oxygen atoms in total. The number of hydrogen-bond acceptors (Lipinski definition) is 0. The predicted octanol–water partition coefficient (Wildman–Crippen LogP) is 4.63. The van der Waals surface area contributed by atoms with Crippen LogP contribution in [0.4, 0.5) is 8.78 Å². The van der Waals surface area contributed by atoms with Crippen molar-refractivity contribution in [3.05, 3.63) is 35.4 Å². The molecule has 0 radical (unpaired) electrons. The maximum absolute atomic E-state index is 13.1. The Morgan fingerprint density at radius 1 is 1.06 bits per heavy atom. The zero-order chi connectivity index (χ0) is 13.1. The van der Waals surface area contributed by atoms with E-state index in [1.165, 1.54) is 12.1 Å². The van der Waals surface area contributed by atoms with Crippen molar-refractivity contribution in [2.75, 3.05) is 11.8 Å².